The van der Waals surface area contributed by atoms with Gasteiger partial charge in [-0.2, -0.15) is 13.2 Å². The molecule has 2 amide bonds. The van der Waals surface area contributed by atoms with Crippen LogP contribution in [0.25, 0.3) is 22.3 Å². The summed E-state index contributed by atoms with van der Waals surface area (Å²) in [5.74, 6) is -0.170. The standard InChI is InChI=1S/C13H10F3N7O2/c14-13(15,16)5-20-11(24)23-10-18-3-6(4-19-10)7-1-2-17-9-8(7)21-12(25)22-9/h1-4H,5H2,(H2,17,21,22,25)(H2,18,19,20,23,24). The molecule has 12 heteroatoms. The lowest BCUT2D eigenvalue weighted by Crippen LogP contribution is -2.37. The number of pyridine rings is 1. The summed E-state index contributed by atoms with van der Waals surface area (Å²) in [5, 5.41) is 3.72. The number of hydrogen-bond acceptors (Lipinski definition) is 5. The molecule has 0 aliphatic rings. The molecule has 3 aromatic rings. The van der Waals surface area contributed by atoms with Crippen LogP contribution in [-0.2, 0) is 0 Å². The lowest BCUT2D eigenvalue weighted by molar-refractivity contribution is -0.122. The van der Waals surface area contributed by atoms with Crippen LogP contribution in [0.3, 0.4) is 0 Å². The number of imidazole rings is 1. The summed E-state index contributed by atoms with van der Waals surface area (Å²) in [4.78, 5) is 39.5. The molecule has 0 radical (unpaired) electrons. The third-order valence-corrected chi connectivity index (χ3v) is 3.06. The van der Waals surface area contributed by atoms with Crippen LogP contribution in [0.1, 0.15) is 0 Å². The fraction of sp³-hybridized carbons (Fsp3) is 0.154. The van der Waals surface area contributed by atoms with E-state index in [0.717, 1.165) is 0 Å². The van der Waals surface area contributed by atoms with Crippen molar-refractivity contribution in [1.82, 2.24) is 30.2 Å². The Bertz CT molecular complexity index is 962. The quantitative estimate of drug-likeness (QED) is 0.566. The second-order valence-electron chi connectivity index (χ2n) is 4.88. The van der Waals surface area contributed by atoms with Crippen LogP contribution in [0.2, 0.25) is 0 Å². The molecular formula is C13H10F3N7O2. The van der Waals surface area contributed by atoms with E-state index in [1.807, 2.05) is 0 Å². The predicted octanol–water partition coefficient (Wildman–Crippen LogP) is 1.39. The van der Waals surface area contributed by atoms with E-state index in [-0.39, 0.29) is 5.95 Å². The number of nitrogens with one attached hydrogen (secondary N) is 4. The minimum absolute atomic E-state index is 0.170. The predicted molar refractivity (Wildman–Crippen MR) is 80.8 cm³/mol. The number of anilines is 1. The van der Waals surface area contributed by atoms with E-state index in [2.05, 4.69) is 30.2 Å². The van der Waals surface area contributed by atoms with Crippen LogP contribution in [0.15, 0.2) is 29.5 Å². The van der Waals surface area contributed by atoms with Gasteiger partial charge in [-0.25, -0.2) is 24.5 Å². The fourth-order valence-electron chi connectivity index (χ4n) is 2.03. The van der Waals surface area contributed by atoms with Crippen LogP contribution < -0.4 is 16.3 Å². The van der Waals surface area contributed by atoms with Crippen molar-refractivity contribution in [3.8, 4) is 11.1 Å². The second-order valence-corrected chi connectivity index (χ2v) is 4.88. The molecule has 0 bridgehead atoms. The first kappa shape index (κ1) is 16.4. The highest BCUT2D eigenvalue weighted by Gasteiger charge is 2.27. The molecule has 0 unspecified atom stereocenters. The van der Waals surface area contributed by atoms with Crippen molar-refractivity contribution in [3.63, 3.8) is 0 Å². The lowest BCUT2D eigenvalue weighted by Gasteiger charge is -2.09. The first-order chi connectivity index (χ1) is 11.8. The molecule has 0 aliphatic carbocycles. The van der Waals surface area contributed by atoms with Crippen LogP contribution in [0, 0.1) is 0 Å². The van der Waals surface area contributed by atoms with Crippen molar-refractivity contribution >= 4 is 23.1 Å². The number of urea groups is 1. The fourth-order valence-corrected chi connectivity index (χ4v) is 2.03. The molecule has 9 nitrogen and oxygen atoms in total. The summed E-state index contributed by atoms with van der Waals surface area (Å²) in [6.07, 6.45) is -0.320. The number of nitrogens with zero attached hydrogens (tertiary/aromatic N) is 3. The van der Waals surface area contributed by atoms with Crippen molar-refractivity contribution in [2.45, 2.75) is 6.18 Å². The second kappa shape index (κ2) is 6.22. The van der Waals surface area contributed by atoms with Crippen molar-refractivity contribution in [1.29, 1.82) is 0 Å². The Morgan fingerprint density at radius 2 is 1.88 bits per heavy atom. The van der Waals surface area contributed by atoms with Crippen LogP contribution in [0.4, 0.5) is 23.9 Å². The zero-order chi connectivity index (χ0) is 18.0. The molecule has 0 saturated carbocycles. The van der Waals surface area contributed by atoms with Gasteiger partial charge in [-0.3, -0.25) is 10.3 Å². The SMILES string of the molecule is O=C(NCC(F)(F)F)Nc1ncc(-c2ccnc3[nH]c(=O)[nH]c23)cn1. The van der Waals surface area contributed by atoms with Crippen molar-refractivity contribution in [2.75, 3.05) is 11.9 Å². The number of amides is 2. The van der Waals surface area contributed by atoms with E-state index in [1.54, 1.807) is 11.4 Å². The Morgan fingerprint density at radius 3 is 2.56 bits per heavy atom. The largest absolute Gasteiger partial charge is 0.405 e. The molecule has 3 aromatic heterocycles. The molecule has 0 atom stereocenters. The van der Waals surface area contributed by atoms with Gasteiger partial charge in [0.15, 0.2) is 5.65 Å². The summed E-state index contributed by atoms with van der Waals surface area (Å²) in [6.45, 7) is -1.47. The van der Waals surface area contributed by atoms with Gasteiger partial charge in [-0.1, -0.05) is 0 Å². The molecular weight excluding hydrogens is 343 g/mol. The average Bonchev–Trinajstić information content (AvgIpc) is 2.93. The maximum atomic E-state index is 12.0. The molecule has 3 heterocycles. The zero-order valence-corrected chi connectivity index (χ0v) is 12.3. The van der Waals surface area contributed by atoms with E-state index >= 15 is 0 Å². The molecule has 130 valence electrons. The number of aromatic amines is 2. The molecule has 0 aromatic carbocycles. The number of rotatable bonds is 3. The molecule has 25 heavy (non-hydrogen) atoms. The average molecular weight is 353 g/mol. The minimum Gasteiger partial charge on any atom is -0.329 e. The number of alkyl halides is 3. The van der Waals surface area contributed by atoms with Gasteiger partial charge in [0.1, 0.15) is 6.54 Å². The summed E-state index contributed by atoms with van der Waals surface area (Å²) in [5.41, 5.74) is 1.51. The normalized spacial score (nSPS) is 11.5. The smallest absolute Gasteiger partial charge is 0.329 e. The number of fused-ring (bicyclic) bond motifs is 1. The zero-order valence-electron chi connectivity index (χ0n) is 12.3. The van der Waals surface area contributed by atoms with E-state index < -0.39 is 24.4 Å². The van der Waals surface area contributed by atoms with E-state index in [4.69, 9.17) is 0 Å². The Hall–Kier alpha value is -3.44. The molecule has 3 rings (SSSR count). The van der Waals surface area contributed by atoms with Crippen LogP contribution >= 0.6 is 0 Å². The highest BCUT2D eigenvalue weighted by Crippen LogP contribution is 2.23. The monoisotopic (exact) mass is 353 g/mol. The first-order valence-corrected chi connectivity index (χ1v) is 6.83. The van der Waals surface area contributed by atoms with Crippen molar-refractivity contribution in [3.05, 3.63) is 35.1 Å². The number of carbonyl (C=O) groups excluding carboxylic acids is 1. The maximum absolute atomic E-state index is 12.0. The Kier molecular flexibility index (Phi) is 4.09. The van der Waals surface area contributed by atoms with Crippen LogP contribution in [0.5, 0.6) is 0 Å². The Morgan fingerprint density at radius 1 is 1.16 bits per heavy atom. The number of H-pyrrole nitrogens is 2. The van der Waals surface area contributed by atoms with Crippen LogP contribution in [-0.4, -0.2) is 43.7 Å². The summed E-state index contributed by atoms with van der Waals surface area (Å²) >= 11 is 0. The summed E-state index contributed by atoms with van der Waals surface area (Å²) < 4.78 is 36.1. The van der Waals surface area contributed by atoms with Gasteiger partial charge in [0, 0.05) is 29.7 Å². The van der Waals surface area contributed by atoms with Gasteiger partial charge in [-0.05, 0) is 6.07 Å². The van der Waals surface area contributed by atoms with Gasteiger partial charge >= 0.3 is 17.9 Å². The van der Waals surface area contributed by atoms with Crippen molar-refractivity contribution < 1.29 is 18.0 Å². The van der Waals surface area contributed by atoms with E-state index in [0.29, 0.717) is 22.3 Å². The van der Waals surface area contributed by atoms with Gasteiger partial charge in [0.25, 0.3) is 0 Å². The molecule has 0 saturated heterocycles. The summed E-state index contributed by atoms with van der Waals surface area (Å²) in [7, 11) is 0. The Balaban J connectivity index is 1.76. The number of aromatic nitrogens is 5. The summed E-state index contributed by atoms with van der Waals surface area (Å²) in [6, 6.07) is 0.555. The van der Waals surface area contributed by atoms with Crippen molar-refractivity contribution in [2.24, 2.45) is 0 Å². The number of hydrogen-bond donors (Lipinski definition) is 4. The van der Waals surface area contributed by atoms with Gasteiger partial charge in [-0.15, -0.1) is 0 Å². The van der Waals surface area contributed by atoms with Gasteiger partial charge < -0.3 is 10.3 Å². The number of carbonyl (C=O) groups is 1. The topological polar surface area (TPSA) is 128 Å². The minimum atomic E-state index is -4.51. The maximum Gasteiger partial charge on any atom is 0.405 e. The highest BCUT2D eigenvalue weighted by atomic mass is 19.4. The Labute approximate surface area is 136 Å². The molecule has 4 N–H and O–H groups in total. The molecule has 0 spiro atoms. The van der Waals surface area contributed by atoms with Gasteiger partial charge in [0.2, 0.25) is 5.95 Å². The first-order valence-electron chi connectivity index (χ1n) is 6.83. The van der Waals surface area contributed by atoms with Gasteiger partial charge in [0.05, 0.1) is 5.52 Å². The third kappa shape index (κ3) is 3.91. The highest BCUT2D eigenvalue weighted by molar-refractivity contribution is 5.89. The molecule has 0 aliphatic heterocycles. The van der Waals surface area contributed by atoms with E-state index in [1.165, 1.54) is 18.6 Å². The lowest BCUT2D eigenvalue weighted by atomic mass is 10.1. The van der Waals surface area contributed by atoms with E-state index in [9.17, 15) is 22.8 Å². The third-order valence-electron chi connectivity index (χ3n) is 3.06. The number of halogens is 3. The molecule has 0 fully saturated rings.